The van der Waals surface area contributed by atoms with Crippen molar-refractivity contribution in [3.05, 3.63) is 65.2 Å². The number of esters is 1. The monoisotopic (exact) mass is 562 g/mol. The van der Waals surface area contributed by atoms with Crippen molar-refractivity contribution in [3.63, 3.8) is 0 Å². The van der Waals surface area contributed by atoms with Gasteiger partial charge in [-0.05, 0) is 49.7 Å². The number of carbonyl (C=O) groups excluding carboxylic acids is 1. The summed E-state index contributed by atoms with van der Waals surface area (Å²) in [5.41, 5.74) is 5.05. The minimum Gasteiger partial charge on any atom is -0.462 e. The highest BCUT2D eigenvalue weighted by Gasteiger charge is 2.39. The van der Waals surface area contributed by atoms with Crippen LogP contribution in [0.5, 0.6) is 5.75 Å². The zero-order valence-corrected chi connectivity index (χ0v) is 22.9. The lowest BCUT2D eigenvalue weighted by Crippen LogP contribution is -2.37. The number of ether oxygens (including phenoxy) is 1. The molecule has 38 heavy (non-hydrogen) atoms. The number of nitrogens with one attached hydrogen (secondary N) is 1. The van der Waals surface area contributed by atoms with Gasteiger partial charge in [0, 0.05) is 12.6 Å². The maximum Gasteiger partial charge on any atom is 0.459 e. The Bertz CT molecular complexity index is 1400. The summed E-state index contributed by atoms with van der Waals surface area (Å²) in [4.78, 5) is 28.4. The SMILES string of the molecule is CC(C)OC(=O)[C@H](C)NP(=O)(OC[C@H]1S[C@@H](n2ccc(N)nc2=O)CC1O)Oc1ccc2ccccc2c1. The number of aliphatic hydroxyl groups is 1. The number of hydrogen-bond donors (Lipinski definition) is 3. The van der Waals surface area contributed by atoms with Crippen LogP contribution < -0.4 is 21.0 Å². The predicted octanol–water partition coefficient (Wildman–Crippen LogP) is 3.48. The number of aliphatic hydroxyl groups excluding tert-OH is 1. The number of aromatic nitrogens is 2. The molecule has 204 valence electrons. The molecule has 13 heteroatoms. The summed E-state index contributed by atoms with van der Waals surface area (Å²) in [5, 5.41) is 14.2. The second kappa shape index (κ2) is 11.9. The highest BCUT2D eigenvalue weighted by Crippen LogP contribution is 2.48. The Hall–Kier alpha value is -2.89. The molecule has 0 spiro atoms. The van der Waals surface area contributed by atoms with Gasteiger partial charge in [0.2, 0.25) is 0 Å². The van der Waals surface area contributed by atoms with Crippen molar-refractivity contribution < 1.29 is 28.3 Å². The predicted molar refractivity (Wildman–Crippen MR) is 146 cm³/mol. The van der Waals surface area contributed by atoms with Gasteiger partial charge in [-0.2, -0.15) is 10.1 Å². The first-order valence-electron chi connectivity index (χ1n) is 12.1. The summed E-state index contributed by atoms with van der Waals surface area (Å²) in [6, 6.07) is 13.3. The van der Waals surface area contributed by atoms with E-state index in [4.69, 9.17) is 19.5 Å². The molecule has 2 aromatic carbocycles. The highest BCUT2D eigenvalue weighted by atomic mass is 32.2. The normalized spacial score (nSPS) is 21.8. The molecule has 5 atom stereocenters. The maximum absolute atomic E-state index is 13.9. The van der Waals surface area contributed by atoms with Gasteiger partial charge in [-0.15, -0.1) is 11.8 Å². The van der Waals surface area contributed by atoms with E-state index in [-0.39, 0.29) is 30.7 Å². The number of hydrogen-bond acceptors (Lipinski definition) is 10. The van der Waals surface area contributed by atoms with Gasteiger partial charge in [0.1, 0.15) is 17.6 Å². The molecule has 0 amide bonds. The van der Waals surface area contributed by atoms with Gasteiger partial charge in [-0.25, -0.2) is 9.36 Å². The van der Waals surface area contributed by atoms with Crippen LogP contribution in [-0.4, -0.2) is 50.7 Å². The average Bonchev–Trinajstić information content (AvgIpc) is 3.22. The molecular formula is C25H31N4O7PS. The Morgan fingerprint density at radius 1 is 1.24 bits per heavy atom. The molecule has 1 saturated heterocycles. The fourth-order valence-electron chi connectivity index (χ4n) is 3.93. The second-order valence-corrected chi connectivity index (χ2v) is 12.3. The fourth-order valence-corrected chi connectivity index (χ4v) is 6.98. The van der Waals surface area contributed by atoms with Crippen LogP contribution in [0.15, 0.2) is 59.5 Å². The molecule has 1 aliphatic heterocycles. The number of benzene rings is 2. The zero-order chi connectivity index (χ0) is 27.4. The van der Waals surface area contributed by atoms with Gasteiger partial charge in [0.05, 0.1) is 29.4 Å². The van der Waals surface area contributed by atoms with E-state index in [1.807, 2.05) is 30.3 Å². The van der Waals surface area contributed by atoms with Crippen LogP contribution in [0.25, 0.3) is 10.8 Å². The first-order chi connectivity index (χ1) is 18.0. The van der Waals surface area contributed by atoms with Gasteiger partial charge in [-0.1, -0.05) is 30.3 Å². The lowest BCUT2D eigenvalue weighted by molar-refractivity contribution is -0.149. The minimum absolute atomic E-state index is 0.109. The van der Waals surface area contributed by atoms with Crippen molar-refractivity contribution in [2.45, 2.75) is 56.1 Å². The fraction of sp³-hybridized carbons (Fsp3) is 0.400. The smallest absolute Gasteiger partial charge is 0.459 e. The summed E-state index contributed by atoms with van der Waals surface area (Å²) in [5.74, 6) is -0.227. The number of carbonyl (C=O) groups is 1. The third-order valence-corrected chi connectivity index (χ3v) is 8.96. The van der Waals surface area contributed by atoms with Gasteiger partial charge >= 0.3 is 19.4 Å². The van der Waals surface area contributed by atoms with Crippen LogP contribution in [0, 0.1) is 0 Å². The van der Waals surface area contributed by atoms with Crippen molar-refractivity contribution in [2.24, 2.45) is 0 Å². The van der Waals surface area contributed by atoms with Crippen molar-refractivity contribution in [3.8, 4) is 5.75 Å². The van der Waals surface area contributed by atoms with E-state index in [0.29, 0.717) is 0 Å². The van der Waals surface area contributed by atoms with Crippen LogP contribution >= 0.6 is 19.5 Å². The van der Waals surface area contributed by atoms with E-state index in [2.05, 4.69) is 10.1 Å². The number of nitrogen functional groups attached to an aromatic ring is 1. The molecular weight excluding hydrogens is 531 g/mol. The number of fused-ring (bicyclic) bond motifs is 1. The Kier molecular flexibility index (Phi) is 8.79. The summed E-state index contributed by atoms with van der Waals surface area (Å²) < 4.78 is 32.1. The van der Waals surface area contributed by atoms with Crippen LogP contribution in [0.2, 0.25) is 0 Å². The van der Waals surface area contributed by atoms with Crippen LogP contribution in [0.4, 0.5) is 5.82 Å². The third kappa shape index (κ3) is 6.95. The summed E-state index contributed by atoms with van der Waals surface area (Å²) >= 11 is 1.29. The molecule has 1 fully saturated rings. The lowest BCUT2D eigenvalue weighted by Gasteiger charge is -2.25. The average molecular weight is 563 g/mol. The van der Waals surface area contributed by atoms with Crippen LogP contribution in [-0.2, 0) is 18.6 Å². The van der Waals surface area contributed by atoms with E-state index in [1.54, 1.807) is 26.0 Å². The minimum atomic E-state index is -4.13. The second-order valence-electron chi connectivity index (χ2n) is 9.20. The van der Waals surface area contributed by atoms with Crippen molar-refractivity contribution in [2.75, 3.05) is 12.3 Å². The Labute approximate surface area is 224 Å². The molecule has 4 N–H and O–H groups in total. The Morgan fingerprint density at radius 2 is 1.97 bits per heavy atom. The molecule has 0 saturated carbocycles. The summed E-state index contributed by atoms with van der Waals surface area (Å²) in [7, 11) is -4.13. The summed E-state index contributed by atoms with van der Waals surface area (Å²) in [6.45, 7) is 4.75. The third-order valence-electron chi connectivity index (χ3n) is 5.78. The molecule has 0 radical (unpaired) electrons. The van der Waals surface area contributed by atoms with Crippen LogP contribution in [0.3, 0.4) is 0 Å². The highest BCUT2D eigenvalue weighted by molar-refractivity contribution is 8.00. The maximum atomic E-state index is 13.9. The van der Waals surface area contributed by atoms with E-state index < -0.39 is 42.2 Å². The number of nitrogens with zero attached hydrogens (tertiary/aromatic N) is 2. The van der Waals surface area contributed by atoms with E-state index in [0.717, 1.165) is 10.8 Å². The number of nitrogens with two attached hydrogens (primary N) is 1. The zero-order valence-electron chi connectivity index (χ0n) is 21.2. The molecule has 3 aromatic rings. The largest absolute Gasteiger partial charge is 0.462 e. The summed E-state index contributed by atoms with van der Waals surface area (Å²) in [6.07, 6.45) is 0.564. The molecule has 4 rings (SSSR count). The van der Waals surface area contributed by atoms with Crippen molar-refractivity contribution in [1.82, 2.24) is 14.6 Å². The topological polar surface area (TPSA) is 155 Å². The van der Waals surface area contributed by atoms with Crippen LogP contribution in [0.1, 0.15) is 32.6 Å². The van der Waals surface area contributed by atoms with E-state index in [9.17, 15) is 19.3 Å². The van der Waals surface area contributed by atoms with Gasteiger partial charge in [-0.3, -0.25) is 13.9 Å². The molecule has 0 aliphatic carbocycles. The number of thioether (sulfide) groups is 1. The Balaban J connectivity index is 1.51. The molecule has 1 aromatic heterocycles. The van der Waals surface area contributed by atoms with E-state index in [1.165, 1.54) is 35.5 Å². The number of anilines is 1. The number of rotatable bonds is 10. The quantitative estimate of drug-likeness (QED) is 0.246. The molecule has 1 aliphatic rings. The first kappa shape index (κ1) is 28.1. The van der Waals surface area contributed by atoms with Gasteiger partial charge in [0.25, 0.3) is 0 Å². The molecule has 2 unspecified atom stereocenters. The molecule has 11 nitrogen and oxygen atoms in total. The Morgan fingerprint density at radius 3 is 2.68 bits per heavy atom. The first-order valence-corrected chi connectivity index (χ1v) is 14.6. The van der Waals surface area contributed by atoms with Gasteiger partial charge in [0.15, 0.2) is 0 Å². The lowest BCUT2D eigenvalue weighted by atomic mass is 10.1. The van der Waals surface area contributed by atoms with E-state index >= 15 is 0 Å². The standard InChI is InChI=1S/C25H31N4O7PS/c1-15(2)35-24(31)16(3)28-37(33,36-19-9-8-17-6-4-5-7-18(17)12-19)34-14-21-20(30)13-23(38-21)29-11-10-22(26)27-25(29)32/h4-12,15-16,20-21,23,30H,13-14H2,1-3H3,(H,28,33)(H2,26,27,32)/t16-,20?,21+,23+,37?/m0/s1. The molecule has 0 bridgehead atoms. The van der Waals surface area contributed by atoms with Crippen molar-refractivity contribution in [1.29, 1.82) is 0 Å². The van der Waals surface area contributed by atoms with Gasteiger partial charge < -0.3 is 20.1 Å². The van der Waals surface area contributed by atoms with Crippen molar-refractivity contribution >= 4 is 42.1 Å². The molecule has 2 heterocycles.